The van der Waals surface area contributed by atoms with Gasteiger partial charge in [0.15, 0.2) is 0 Å². The van der Waals surface area contributed by atoms with E-state index in [1.54, 1.807) is 0 Å². The fourth-order valence-electron chi connectivity index (χ4n) is 2.05. The number of hydrogen-bond acceptors (Lipinski definition) is 7. The summed E-state index contributed by atoms with van der Waals surface area (Å²) >= 11 is 0. The highest BCUT2D eigenvalue weighted by Crippen LogP contribution is 2.01. The number of nitrogens with zero attached hydrogens (tertiary/aromatic N) is 1. The zero-order chi connectivity index (χ0) is 21.3. The Bertz CT molecular complexity index is 718. The van der Waals surface area contributed by atoms with Crippen LogP contribution in [0.5, 0.6) is 0 Å². The van der Waals surface area contributed by atoms with Gasteiger partial charge >= 0.3 is 11.9 Å². The Labute approximate surface area is 159 Å². The van der Waals surface area contributed by atoms with Gasteiger partial charge in [0.05, 0.1) is 25.3 Å². The van der Waals surface area contributed by atoms with E-state index in [2.05, 4.69) is 25.9 Å². The molecule has 0 saturated heterocycles. The largest absolute Gasteiger partial charge is 0.481 e. The van der Waals surface area contributed by atoms with E-state index in [1.807, 2.05) is 0 Å². The van der Waals surface area contributed by atoms with Crippen LogP contribution in [0.3, 0.4) is 0 Å². The van der Waals surface area contributed by atoms with E-state index in [4.69, 9.17) is 10.8 Å². The standard InChI is InChI=1S/C15H22N6O7/c1-7(16)13(25)18-5-11(22)20-9(3-12(23)24)14(26)21-10(15(27)28)2-8-4-17-6-19-8/h4,6-7,9-10H,2-3,5,16H2,1H3,(H,17,19)(H,18,25)(H,20,22)(H,21,26)(H,23,24)(H,27,28). The highest BCUT2D eigenvalue weighted by Gasteiger charge is 2.28. The molecule has 1 heterocycles. The molecule has 154 valence electrons. The maximum Gasteiger partial charge on any atom is 0.326 e. The van der Waals surface area contributed by atoms with Crippen molar-refractivity contribution < 1.29 is 34.2 Å². The van der Waals surface area contributed by atoms with Crippen LogP contribution in [0.2, 0.25) is 0 Å². The number of aromatic nitrogens is 2. The first-order chi connectivity index (χ1) is 13.1. The minimum atomic E-state index is -1.54. The van der Waals surface area contributed by atoms with Crippen LogP contribution in [-0.2, 0) is 30.4 Å². The smallest absolute Gasteiger partial charge is 0.326 e. The van der Waals surface area contributed by atoms with Crippen LogP contribution in [0, 0.1) is 0 Å². The molecule has 1 aromatic rings. The second-order valence-electron chi connectivity index (χ2n) is 5.90. The minimum Gasteiger partial charge on any atom is -0.481 e. The predicted octanol–water partition coefficient (Wildman–Crippen LogP) is -3.06. The maximum atomic E-state index is 12.3. The van der Waals surface area contributed by atoms with Crippen molar-refractivity contribution in [2.75, 3.05) is 6.54 Å². The van der Waals surface area contributed by atoms with Crippen molar-refractivity contribution in [3.8, 4) is 0 Å². The predicted molar refractivity (Wildman–Crippen MR) is 92.7 cm³/mol. The number of aromatic amines is 1. The van der Waals surface area contributed by atoms with E-state index in [0.717, 1.165) is 0 Å². The van der Waals surface area contributed by atoms with Gasteiger partial charge in [-0.3, -0.25) is 19.2 Å². The van der Waals surface area contributed by atoms with Crippen molar-refractivity contribution in [3.63, 3.8) is 0 Å². The molecule has 3 unspecified atom stereocenters. The van der Waals surface area contributed by atoms with Crippen molar-refractivity contribution in [1.82, 2.24) is 25.9 Å². The molecule has 3 amide bonds. The Morgan fingerprint density at radius 1 is 1.14 bits per heavy atom. The molecule has 0 saturated carbocycles. The molecule has 13 heteroatoms. The Hall–Kier alpha value is -3.48. The topological polar surface area (TPSA) is 217 Å². The summed E-state index contributed by atoms with van der Waals surface area (Å²) < 4.78 is 0. The minimum absolute atomic E-state index is 0.126. The second kappa shape index (κ2) is 10.6. The summed E-state index contributed by atoms with van der Waals surface area (Å²) in [5, 5.41) is 24.7. The van der Waals surface area contributed by atoms with Crippen molar-refractivity contribution in [2.24, 2.45) is 5.73 Å². The zero-order valence-electron chi connectivity index (χ0n) is 15.0. The number of carboxylic acids is 2. The van der Waals surface area contributed by atoms with E-state index in [-0.39, 0.29) is 6.42 Å². The van der Waals surface area contributed by atoms with Gasteiger partial charge in [-0.2, -0.15) is 0 Å². The Morgan fingerprint density at radius 3 is 2.32 bits per heavy atom. The number of H-pyrrole nitrogens is 1. The lowest BCUT2D eigenvalue weighted by atomic mass is 10.1. The number of carbonyl (C=O) groups excluding carboxylic acids is 3. The van der Waals surface area contributed by atoms with E-state index < -0.39 is 60.8 Å². The molecule has 13 nitrogen and oxygen atoms in total. The number of imidazole rings is 1. The first-order valence-corrected chi connectivity index (χ1v) is 8.15. The highest BCUT2D eigenvalue weighted by molar-refractivity contribution is 5.94. The lowest BCUT2D eigenvalue weighted by molar-refractivity contribution is -0.143. The molecule has 0 aliphatic carbocycles. The average Bonchev–Trinajstić information content (AvgIpc) is 3.10. The van der Waals surface area contributed by atoms with Crippen molar-refractivity contribution in [2.45, 2.75) is 37.9 Å². The molecule has 0 aromatic carbocycles. The zero-order valence-corrected chi connectivity index (χ0v) is 15.0. The number of nitrogens with two attached hydrogens (primary N) is 1. The summed E-state index contributed by atoms with van der Waals surface area (Å²) in [5.74, 6) is -5.19. The summed E-state index contributed by atoms with van der Waals surface area (Å²) in [7, 11) is 0. The lowest BCUT2D eigenvalue weighted by Gasteiger charge is -2.20. The third kappa shape index (κ3) is 7.82. The monoisotopic (exact) mass is 398 g/mol. The fraction of sp³-hybridized carbons (Fsp3) is 0.467. The van der Waals surface area contributed by atoms with Gasteiger partial charge in [-0.1, -0.05) is 0 Å². The summed E-state index contributed by atoms with van der Waals surface area (Å²) in [4.78, 5) is 64.3. The van der Waals surface area contributed by atoms with Crippen LogP contribution in [0.25, 0.3) is 0 Å². The van der Waals surface area contributed by atoms with E-state index >= 15 is 0 Å². The molecule has 0 aliphatic heterocycles. The van der Waals surface area contributed by atoms with Crippen molar-refractivity contribution in [3.05, 3.63) is 18.2 Å². The molecule has 1 rings (SSSR count). The third-order valence-electron chi connectivity index (χ3n) is 3.46. The van der Waals surface area contributed by atoms with Gasteiger partial charge in [0.2, 0.25) is 17.7 Å². The van der Waals surface area contributed by atoms with Crippen LogP contribution in [0.15, 0.2) is 12.5 Å². The molecule has 0 radical (unpaired) electrons. The van der Waals surface area contributed by atoms with Crippen molar-refractivity contribution in [1.29, 1.82) is 0 Å². The molecule has 1 aromatic heterocycles. The quantitative estimate of drug-likeness (QED) is 0.201. The molecule has 0 aliphatic rings. The summed E-state index contributed by atoms with van der Waals surface area (Å²) in [6, 6.07) is -3.77. The molecule has 3 atom stereocenters. The fourth-order valence-corrected chi connectivity index (χ4v) is 2.05. The van der Waals surface area contributed by atoms with Crippen molar-refractivity contribution >= 4 is 29.7 Å². The number of hydrogen-bond donors (Lipinski definition) is 7. The second-order valence-corrected chi connectivity index (χ2v) is 5.90. The number of carboxylic acid groups (broad SMARTS) is 2. The van der Waals surface area contributed by atoms with Gasteiger partial charge < -0.3 is 36.9 Å². The van der Waals surface area contributed by atoms with Crippen LogP contribution in [-0.4, -0.2) is 74.5 Å². The first kappa shape index (κ1) is 22.6. The summed E-state index contributed by atoms with van der Waals surface area (Å²) in [5.41, 5.74) is 5.76. The Morgan fingerprint density at radius 2 is 1.82 bits per heavy atom. The number of nitrogens with one attached hydrogen (secondary N) is 4. The van der Waals surface area contributed by atoms with Gasteiger partial charge in [-0.05, 0) is 6.92 Å². The molecule has 8 N–H and O–H groups in total. The van der Waals surface area contributed by atoms with Gasteiger partial charge in [-0.25, -0.2) is 9.78 Å². The number of aliphatic carboxylic acids is 2. The normalized spacial score (nSPS) is 13.6. The number of amides is 3. The van der Waals surface area contributed by atoms with Gasteiger partial charge in [-0.15, -0.1) is 0 Å². The van der Waals surface area contributed by atoms with Crippen LogP contribution in [0.1, 0.15) is 19.0 Å². The molecular formula is C15H22N6O7. The average molecular weight is 398 g/mol. The highest BCUT2D eigenvalue weighted by atomic mass is 16.4. The Kier molecular flexibility index (Phi) is 8.55. The molecule has 28 heavy (non-hydrogen) atoms. The lowest BCUT2D eigenvalue weighted by Crippen LogP contribution is -2.54. The van der Waals surface area contributed by atoms with Crippen LogP contribution >= 0.6 is 0 Å². The maximum absolute atomic E-state index is 12.3. The van der Waals surface area contributed by atoms with Crippen LogP contribution < -0.4 is 21.7 Å². The SMILES string of the molecule is CC(N)C(=O)NCC(=O)NC(CC(=O)O)C(=O)NC(Cc1cnc[nH]1)C(=O)O. The van der Waals surface area contributed by atoms with E-state index in [1.165, 1.54) is 19.4 Å². The molecular weight excluding hydrogens is 376 g/mol. The molecule has 0 spiro atoms. The molecule has 0 bridgehead atoms. The Balaban J connectivity index is 2.74. The number of carbonyl (C=O) groups is 5. The number of rotatable bonds is 11. The first-order valence-electron chi connectivity index (χ1n) is 8.15. The van der Waals surface area contributed by atoms with Crippen LogP contribution in [0.4, 0.5) is 0 Å². The van der Waals surface area contributed by atoms with E-state index in [9.17, 15) is 29.1 Å². The van der Waals surface area contributed by atoms with E-state index in [0.29, 0.717) is 5.69 Å². The van der Waals surface area contributed by atoms with Gasteiger partial charge in [0.25, 0.3) is 0 Å². The molecule has 0 fully saturated rings. The summed E-state index contributed by atoms with van der Waals surface area (Å²) in [6.45, 7) is 0.875. The van der Waals surface area contributed by atoms with Gasteiger partial charge in [0.1, 0.15) is 12.1 Å². The summed E-state index contributed by atoms with van der Waals surface area (Å²) in [6.07, 6.45) is 1.80. The third-order valence-corrected chi connectivity index (χ3v) is 3.46. The van der Waals surface area contributed by atoms with Gasteiger partial charge in [0, 0.05) is 18.3 Å².